The molecule has 5 nitrogen and oxygen atoms in total. The van der Waals surface area contributed by atoms with E-state index >= 15 is 0 Å². The Morgan fingerprint density at radius 3 is 2.61 bits per heavy atom. The molecule has 0 aromatic heterocycles. The predicted octanol–water partition coefficient (Wildman–Crippen LogP) is 2.35. The van der Waals surface area contributed by atoms with Crippen LogP contribution in [0.1, 0.15) is 25.3 Å². The Kier molecular flexibility index (Phi) is 7.36. The lowest BCUT2D eigenvalue weighted by atomic mass is 9.96. The Bertz CT molecular complexity index is 459. The Morgan fingerprint density at radius 2 is 2.00 bits per heavy atom. The molecule has 1 N–H and O–H groups in total. The number of likely N-dealkylation sites (N-methyl/N-ethyl adjacent to an activating group) is 1. The molecule has 0 bridgehead atoms. The van der Waals surface area contributed by atoms with Gasteiger partial charge in [0.2, 0.25) is 0 Å². The van der Waals surface area contributed by atoms with Crippen LogP contribution in [0.15, 0.2) is 30.3 Å². The number of piperidine rings is 1. The lowest BCUT2D eigenvalue weighted by Crippen LogP contribution is -2.42. The number of rotatable bonds is 7. The fourth-order valence-electron chi connectivity index (χ4n) is 2.99. The minimum absolute atomic E-state index is 0.207. The monoisotopic (exact) mass is 320 g/mol. The van der Waals surface area contributed by atoms with Crippen LogP contribution >= 0.6 is 0 Å². The maximum absolute atomic E-state index is 12.1. The normalized spacial score (nSPS) is 15.9. The van der Waals surface area contributed by atoms with E-state index < -0.39 is 0 Å². The molecule has 1 heterocycles. The van der Waals surface area contributed by atoms with Crippen molar-refractivity contribution in [2.24, 2.45) is 5.92 Å². The van der Waals surface area contributed by atoms with Crippen molar-refractivity contribution in [3.63, 3.8) is 0 Å². The molecule has 0 unspecified atom stereocenters. The molecule has 2 rings (SSSR count). The van der Waals surface area contributed by atoms with E-state index in [9.17, 15) is 4.79 Å². The second kappa shape index (κ2) is 9.53. The van der Waals surface area contributed by atoms with Crippen molar-refractivity contribution in [3.05, 3.63) is 35.9 Å². The largest absolute Gasteiger partial charge is 0.445 e. The van der Waals surface area contributed by atoms with Crippen molar-refractivity contribution < 1.29 is 14.6 Å². The third-order valence-electron chi connectivity index (χ3n) is 4.46. The number of benzene rings is 1. The highest BCUT2D eigenvalue weighted by atomic mass is 16.6. The quantitative estimate of drug-likeness (QED) is 0.838. The zero-order valence-corrected chi connectivity index (χ0v) is 14.0. The van der Waals surface area contributed by atoms with Crippen LogP contribution in [0.4, 0.5) is 4.79 Å². The van der Waals surface area contributed by atoms with Gasteiger partial charge in [0.1, 0.15) is 6.61 Å². The number of hydrogen-bond donors (Lipinski definition) is 1. The van der Waals surface area contributed by atoms with Gasteiger partial charge >= 0.3 is 6.09 Å². The van der Waals surface area contributed by atoms with E-state index in [1.165, 1.54) is 0 Å². The van der Waals surface area contributed by atoms with E-state index in [1.54, 1.807) is 0 Å². The standard InChI is InChI=1S/C18H28N2O3/c1-2-19(12-13-21)14-16-8-10-20(11-9-16)18(22)23-15-17-6-4-3-5-7-17/h3-7,16,21H,2,8-15H2,1H3. The molecule has 1 aromatic carbocycles. The van der Waals surface area contributed by atoms with Crippen LogP contribution in [-0.2, 0) is 11.3 Å². The van der Waals surface area contributed by atoms with Crippen LogP contribution in [0, 0.1) is 5.92 Å². The van der Waals surface area contributed by atoms with Crippen LogP contribution in [0.25, 0.3) is 0 Å². The first-order valence-corrected chi connectivity index (χ1v) is 8.51. The van der Waals surface area contributed by atoms with Crippen molar-refractivity contribution in [2.75, 3.05) is 39.3 Å². The van der Waals surface area contributed by atoms with Crippen LogP contribution in [0.2, 0.25) is 0 Å². The van der Waals surface area contributed by atoms with Gasteiger partial charge in [-0.3, -0.25) is 0 Å². The smallest absolute Gasteiger partial charge is 0.410 e. The van der Waals surface area contributed by atoms with Crippen molar-refractivity contribution in [2.45, 2.75) is 26.4 Å². The van der Waals surface area contributed by atoms with Gasteiger partial charge in [-0.2, -0.15) is 0 Å². The van der Waals surface area contributed by atoms with Gasteiger partial charge in [-0.05, 0) is 30.9 Å². The van der Waals surface area contributed by atoms with E-state index in [1.807, 2.05) is 35.2 Å². The molecule has 23 heavy (non-hydrogen) atoms. The molecule has 0 atom stereocenters. The summed E-state index contributed by atoms with van der Waals surface area (Å²) < 4.78 is 5.39. The van der Waals surface area contributed by atoms with Crippen molar-refractivity contribution >= 4 is 6.09 Å². The van der Waals surface area contributed by atoms with Gasteiger partial charge in [-0.25, -0.2) is 4.79 Å². The fraction of sp³-hybridized carbons (Fsp3) is 0.611. The third-order valence-corrected chi connectivity index (χ3v) is 4.46. The number of hydrogen-bond acceptors (Lipinski definition) is 4. The van der Waals surface area contributed by atoms with Crippen LogP contribution < -0.4 is 0 Å². The molecule has 0 saturated carbocycles. The second-order valence-electron chi connectivity index (χ2n) is 6.09. The van der Waals surface area contributed by atoms with E-state index in [4.69, 9.17) is 9.84 Å². The molecule has 1 amide bonds. The maximum Gasteiger partial charge on any atom is 0.410 e. The van der Waals surface area contributed by atoms with Gasteiger partial charge in [0.25, 0.3) is 0 Å². The van der Waals surface area contributed by atoms with Crippen molar-refractivity contribution in [3.8, 4) is 0 Å². The number of carbonyl (C=O) groups is 1. The summed E-state index contributed by atoms with van der Waals surface area (Å²) in [6.45, 7) is 6.87. The van der Waals surface area contributed by atoms with Crippen LogP contribution in [0.3, 0.4) is 0 Å². The topological polar surface area (TPSA) is 53.0 Å². The number of aliphatic hydroxyl groups excluding tert-OH is 1. The SMILES string of the molecule is CCN(CCO)CC1CCN(C(=O)OCc2ccccc2)CC1. The molecule has 128 valence electrons. The van der Waals surface area contributed by atoms with Crippen LogP contribution in [-0.4, -0.2) is 60.3 Å². The second-order valence-corrected chi connectivity index (χ2v) is 6.09. The van der Waals surface area contributed by atoms with Crippen LogP contribution in [0.5, 0.6) is 0 Å². The van der Waals surface area contributed by atoms with Gasteiger partial charge < -0.3 is 19.6 Å². The third kappa shape index (κ3) is 5.84. The van der Waals surface area contributed by atoms with Crippen molar-refractivity contribution in [1.29, 1.82) is 0 Å². The number of carbonyl (C=O) groups excluding carboxylic acids is 1. The first-order chi connectivity index (χ1) is 11.2. The molecule has 5 heteroatoms. The molecule has 1 aliphatic rings. The molecular weight excluding hydrogens is 292 g/mol. The number of likely N-dealkylation sites (tertiary alicyclic amines) is 1. The Labute approximate surface area is 138 Å². The van der Waals surface area contributed by atoms with Gasteiger partial charge in [-0.1, -0.05) is 37.3 Å². The summed E-state index contributed by atoms with van der Waals surface area (Å²) in [4.78, 5) is 16.2. The highest BCUT2D eigenvalue weighted by Gasteiger charge is 2.24. The molecule has 0 aliphatic carbocycles. The van der Waals surface area contributed by atoms with Gasteiger partial charge in [0, 0.05) is 26.2 Å². The summed E-state index contributed by atoms with van der Waals surface area (Å²) in [6.07, 6.45) is 1.79. The molecule has 0 spiro atoms. The zero-order valence-electron chi connectivity index (χ0n) is 14.0. The first kappa shape index (κ1) is 17.8. The van der Waals surface area contributed by atoms with Gasteiger partial charge in [0.05, 0.1) is 6.61 Å². The lowest BCUT2D eigenvalue weighted by molar-refractivity contribution is 0.0762. The Morgan fingerprint density at radius 1 is 1.30 bits per heavy atom. The number of ether oxygens (including phenoxy) is 1. The maximum atomic E-state index is 12.1. The molecule has 1 aromatic rings. The number of nitrogens with zero attached hydrogens (tertiary/aromatic N) is 2. The average Bonchev–Trinajstić information content (AvgIpc) is 2.60. The van der Waals surface area contributed by atoms with E-state index in [-0.39, 0.29) is 12.7 Å². The predicted molar refractivity (Wildman–Crippen MR) is 90.1 cm³/mol. The number of amides is 1. The molecule has 1 fully saturated rings. The molecule has 0 radical (unpaired) electrons. The Balaban J connectivity index is 1.70. The average molecular weight is 320 g/mol. The molecular formula is C18H28N2O3. The summed E-state index contributed by atoms with van der Waals surface area (Å²) in [5, 5.41) is 9.05. The highest BCUT2D eigenvalue weighted by molar-refractivity contribution is 5.67. The zero-order chi connectivity index (χ0) is 16.5. The molecule has 1 saturated heterocycles. The van der Waals surface area contributed by atoms with Gasteiger partial charge in [0.15, 0.2) is 0 Å². The fourth-order valence-corrected chi connectivity index (χ4v) is 2.99. The minimum Gasteiger partial charge on any atom is -0.445 e. The summed E-state index contributed by atoms with van der Waals surface area (Å²) in [7, 11) is 0. The van der Waals surface area contributed by atoms with Crippen molar-refractivity contribution in [1.82, 2.24) is 9.80 Å². The van der Waals surface area contributed by atoms with Gasteiger partial charge in [-0.15, -0.1) is 0 Å². The molecule has 1 aliphatic heterocycles. The summed E-state index contributed by atoms with van der Waals surface area (Å²) >= 11 is 0. The number of aliphatic hydroxyl groups is 1. The first-order valence-electron chi connectivity index (χ1n) is 8.51. The minimum atomic E-state index is -0.213. The van der Waals surface area contributed by atoms with E-state index in [2.05, 4.69) is 11.8 Å². The summed E-state index contributed by atoms with van der Waals surface area (Å²) in [6, 6.07) is 9.76. The lowest BCUT2D eigenvalue weighted by Gasteiger charge is -2.34. The van der Waals surface area contributed by atoms with E-state index in [0.717, 1.165) is 51.1 Å². The highest BCUT2D eigenvalue weighted by Crippen LogP contribution is 2.19. The summed E-state index contributed by atoms with van der Waals surface area (Å²) in [5.74, 6) is 0.597. The Hall–Kier alpha value is -1.59. The summed E-state index contributed by atoms with van der Waals surface area (Å²) in [5.41, 5.74) is 1.01. The van der Waals surface area contributed by atoms with E-state index in [0.29, 0.717) is 12.5 Å².